The second kappa shape index (κ2) is 18.9. The fourth-order valence-electron chi connectivity index (χ4n) is 8.77. The summed E-state index contributed by atoms with van der Waals surface area (Å²) in [5.41, 5.74) is 13.9. The molecule has 10 aromatic rings. The number of hydrogen-bond donors (Lipinski definition) is 0. The molecule has 0 spiro atoms. The number of halogens is 1. The van der Waals surface area contributed by atoms with Crippen molar-refractivity contribution >= 4 is 46.2 Å². The van der Waals surface area contributed by atoms with Crippen LogP contribution in [-0.2, 0) is 31.9 Å². The van der Waals surface area contributed by atoms with Crippen LogP contribution in [0.4, 0.5) is 4.39 Å². The minimum Gasteiger partial charge on any atom is -0.500 e. The Morgan fingerprint density at radius 3 is 1.98 bits per heavy atom. The number of benzene rings is 7. The average molecular weight is 1060 g/mol. The number of furan rings is 1. The van der Waals surface area contributed by atoms with Crippen molar-refractivity contribution in [2.45, 2.75) is 66.1 Å². The van der Waals surface area contributed by atoms with Gasteiger partial charge in [0.25, 0.3) is 0 Å². The molecule has 0 saturated heterocycles. The molecule has 0 fully saturated rings. The molecule has 0 bridgehead atoms. The largest absolute Gasteiger partial charge is 0.500 e. The van der Waals surface area contributed by atoms with E-state index in [0.717, 1.165) is 73.0 Å². The molecule has 4 nitrogen and oxygen atoms in total. The van der Waals surface area contributed by atoms with E-state index in [-0.39, 0.29) is 31.3 Å². The molecule has 0 unspecified atom stereocenters. The molecule has 1 radical (unpaired) electrons. The smallest absolute Gasteiger partial charge is 0.126 e. The van der Waals surface area contributed by atoms with Crippen molar-refractivity contribution < 1.29 is 28.9 Å². The van der Waals surface area contributed by atoms with Crippen LogP contribution in [0.2, 0.25) is 19.6 Å². The van der Waals surface area contributed by atoms with Crippen molar-refractivity contribution in [2.24, 2.45) is 5.92 Å². The van der Waals surface area contributed by atoms with Crippen molar-refractivity contribution in [3.8, 4) is 50.6 Å². The van der Waals surface area contributed by atoms with E-state index in [2.05, 4.69) is 161 Å². The predicted octanol–water partition coefficient (Wildman–Crippen LogP) is 15.5. The Balaban J connectivity index is 0.000000238. The topological polar surface area (TPSA) is 43.9 Å². The van der Waals surface area contributed by atoms with Crippen LogP contribution in [0.25, 0.3) is 83.6 Å². The zero-order valence-electron chi connectivity index (χ0n) is 38.8. The second-order valence-corrected chi connectivity index (χ2v) is 24.4. The van der Waals surface area contributed by atoms with Gasteiger partial charge in [0.2, 0.25) is 0 Å². The Kier molecular flexibility index (Phi) is 13.3. The van der Waals surface area contributed by atoms with Gasteiger partial charge in [-0.3, -0.25) is 4.98 Å². The van der Waals surface area contributed by atoms with E-state index in [1.807, 2.05) is 60.7 Å². The van der Waals surface area contributed by atoms with E-state index in [1.165, 1.54) is 28.4 Å². The molecule has 0 aliphatic rings. The zero-order valence-corrected chi connectivity index (χ0v) is 42.2. The van der Waals surface area contributed by atoms with Gasteiger partial charge in [-0.2, -0.15) is 0 Å². The van der Waals surface area contributed by atoms with Crippen LogP contribution in [0.15, 0.2) is 168 Å². The molecule has 66 heavy (non-hydrogen) atoms. The number of aromatic nitrogens is 3. The number of hydrogen-bond acceptors (Lipinski definition) is 3. The van der Waals surface area contributed by atoms with Crippen LogP contribution in [0.1, 0.15) is 45.7 Å². The van der Waals surface area contributed by atoms with Crippen molar-refractivity contribution in [2.75, 3.05) is 0 Å². The van der Waals surface area contributed by atoms with Gasteiger partial charge in [0, 0.05) is 48.9 Å². The molecule has 0 atom stereocenters. The Morgan fingerprint density at radius 1 is 0.712 bits per heavy atom. The molecular formula is C59H54FIrN3OSi-2. The Morgan fingerprint density at radius 2 is 1.36 bits per heavy atom. The number of fused-ring (bicyclic) bond motifs is 4. The summed E-state index contributed by atoms with van der Waals surface area (Å²) in [5.74, 6) is 1.04. The van der Waals surface area contributed by atoms with Gasteiger partial charge in [-0.1, -0.05) is 150 Å². The quantitative estimate of drug-likeness (QED) is 0.113. The van der Waals surface area contributed by atoms with Crippen LogP contribution >= 0.6 is 0 Å². The predicted molar refractivity (Wildman–Crippen MR) is 272 cm³/mol. The van der Waals surface area contributed by atoms with E-state index in [1.54, 1.807) is 6.07 Å². The third-order valence-corrected chi connectivity index (χ3v) is 14.0. The van der Waals surface area contributed by atoms with Gasteiger partial charge in [-0.25, -0.2) is 4.39 Å². The molecule has 0 amide bonds. The average Bonchev–Trinajstić information content (AvgIpc) is 3.87. The number of rotatable bonds is 8. The van der Waals surface area contributed by atoms with Gasteiger partial charge in [-0.15, -0.1) is 54.1 Å². The Labute approximate surface area is 403 Å². The molecule has 0 aliphatic heterocycles. The zero-order chi connectivity index (χ0) is 45.5. The third-order valence-electron chi connectivity index (χ3n) is 12.0. The molecule has 0 saturated carbocycles. The van der Waals surface area contributed by atoms with Crippen LogP contribution < -0.4 is 5.19 Å². The fourth-order valence-corrected chi connectivity index (χ4v) is 10.4. The summed E-state index contributed by atoms with van der Waals surface area (Å²) >= 11 is 0. The Bertz CT molecular complexity index is 3230. The first-order valence-corrected chi connectivity index (χ1v) is 26.0. The van der Waals surface area contributed by atoms with Crippen LogP contribution in [-0.4, -0.2) is 22.6 Å². The maximum Gasteiger partial charge on any atom is 0.126 e. The summed E-state index contributed by atoms with van der Waals surface area (Å²) in [6.07, 6.45) is 3.24. The van der Waals surface area contributed by atoms with Gasteiger partial charge in [0.05, 0.1) is 36.2 Å². The van der Waals surface area contributed by atoms with Crippen molar-refractivity contribution in [3.05, 3.63) is 193 Å². The second-order valence-electron chi connectivity index (χ2n) is 19.4. The number of imidazole rings is 1. The molecule has 0 aliphatic carbocycles. The normalized spacial score (nSPS) is 11.8. The molecule has 3 heterocycles. The maximum absolute atomic E-state index is 14.3. The summed E-state index contributed by atoms with van der Waals surface area (Å²) in [5, 5.41) is 3.24. The minimum atomic E-state index is -1.34. The first-order valence-electron chi connectivity index (χ1n) is 22.5. The number of nitrogens with zero attached hydrogens (tertiary/aromatic N) is 3. The first kappa shape index (κ1) is 46.3. The molecule has 7 aromatic carbocycles. The molecular weight excluding hydrogens is 1010 g/mol. The standard InChI is InChI=1S/C41H30FN2O.C18H24NSi.Ir/c1-41(2,3)28-23-33(26-13-6-4-7-14-26)38(34(24-28)27-15-8-5-9-16-27)44-36-20-11-10-19-35(36)43-40(44)32-18-12-17-31-30-22-21-29(42)25-37(30)45-39(31)32;1-14(2)11-16-12-17(15-9-7-6-8-10-15)19-13-18(16)20(3,4)5;/h4-17,19-25H,1-3H3;6-9,12-14H,11H2,1-5H3;/q2*-1;. The summed E-state index contributed by atoms with van der Waals surface area (Å²) in [4.78, 5) is 9.92. The molecule has 333 valence electrons. The first-order chi connectivity index (χ1) is 31.2. The molecule has 0 N–H and O–H groups in total. The summed E-state index contributed by atoms with van der Waals surface area (Å²) in [6.45, 7) is 18.5. The van der Waals surface area contributed by atoms with Crippen LogP contribution in [0.3, 0.4) is 0 Å². The van der Waals surface area contributed by atoms with E-state index in [9.17, 15) is 4.39 Å². The van der Waals surface area contributed by atoms with Crippen LogP contribution in [0.5, 0.6) is 0 Å². The summed E-state index contributed by atoms with van der Waals surface area (Å²) in [7, 11) is -1.34. The summed E-state index contributed by atoms with van der Waals surface area (Å²) < 4.78 is 22.9. The van der Waals surface area contributed by atoms with Crippen molar-refractivity contribution in [1.82, 2.24) is 14.5 Å². The molecule has 7 heteroatoms. The fraction of sp³-hybridized carbons (Fsp3) is 0.186. The van der Waals surface area contributed by atoms with Crippen molar-refractivity contribution in [1.29, 1.82) is 0 Å². The van der Waals surface area contributed by atoms with Gasteiger partial charge in [-0.05, 0) is 81.7 Å². The monoisotopic (exact) mass is 1060 g/mol. The minimum absolute atomic E-state index is 0. The maximum atomic E-state index is 14.3. The molecule has 10 rings (SSSR count). The van der Waals surface area contributed by atoms with E-state index in [0.29, 0.717) is 22.9 Å². The van der Waals surface area contributed by atoms with Crippen molar-refractivity contribution in [3.63, 3.8) is 0 Å². The number of pyridine rings is 1. The number of para-hydroxylation sites is 2. The SMILES string of the molecule is CC(C)(C)c1cc(-c2ccccc2)c(-n2c(-c3[c-]ccc4c3oc3cc(F)ccc34)nc3ccccc32)c(-c2ccccc2)c1.CC(C)Cc1cc(-c2[c-]cccc2)ncc1[Si](C)(C)C.[Ir]. The summed E-state index contributed by atoms with van der Waals surface area (Å²) in [6, 6.07) is 59.6. The third kappa shape index (κ3) is 9.39. The Hall–Kier alpha value is -6.24. The molecule has 3 aromatic heterocycles. The van der Waals surface area contributed by atoms with Gasteiger partial charge >= 0.3 is 0 Å². The van der Waals surface area contributed by atoms with Crippen LogP contribution in [0, 0.1) is 23.9 Å². The van der Waals surface area contributed by atoms with E-state index >= 15 is 0 Å². The van der Waals surface area contributed by atoms with E-state index in [4.69, 9.17) is 9.40 Å². The van der Waals surface area contributed by atoms with Gasteiger partial charge in [0.15, 0.2) is 0 Å². The van der Waals surface area contributed by atoms with Gasteiger partial charge < -0.3 is 14.0 Å². The van der Waals surface area contributed by atoms with E-state index < -0.39 is 8.07 Å². The van der Waals surface area contributed by atoms with Gasteiger partial charge in [0.1, 0.15) is 11.4 Å².